The van der Waals surface area contributed by atoms with E-state index >= 15 is 0 Å². The van der Waals surface area contributed by atoms with Gasteiger partial charge in [0, 0.05) is 39.6 Å². The van der Waals surface area contributed by atoms with Crippen molar-refractivity contribution in [1.29, 1.82) is 0 Å². The molecular weight excluding hydrogens is 268 g/mol. The fraction of sp³-hybridized carbons (Fsp3) is 0.467. The van der Waals surface area contributed by atoms with E-state index in [9.17, 15) is 10.1 Å². The molecule has 0 atom stereocenters. The molecule has 0 radical (unpaired) electrons. The van der Waals surface area contributed by atoms with Crippen molar-refractivity contribution in [2.24, 2.45) is 7.05 Å². The lowest BCUT2D eigenvalue weighted by molar-refractivity contribution is -0.555. The third-order valence-electron chi connectivity index (χ3n) is 4.88. The second-order valence-electron chi connectivity index (χ2n) is 6.51. The van der Waals surface area contributed by atoms with Crippen LogP contribution in [0.3, 0.4) is 0 Å². The first-order valence-electron chi connectivity index (χ1n) is 6.93. The molecule has 0 aliphatic carbocycles. The molecule has 0 unspecified atom stereocenters. The highest BCUT2D eigenvalue weighted by Gasteiger charge is 2.69. The molecule has 6 heteroatoms. The average Bonchev–Trinajstić information content (AvgIpc) is 2.81. The van der Waals surface area contributed by atoms with Crippen LogP contribution in [0.4, 0.5) is 0 Å². The number of rotatable bonds is 1. The van der Waals surface area contributed by atoms with Crippen molar-refractivity contribution in [1.82, 2.24) is 9.55 Å². The van der Waals surface area contributed by atoms with Crippen LogP contribution in [-0.2, 0) is 7.05 Å². The van der Waals surface area contributed by atoms with Gasteiger partial charge in [-0.1, -0.05) is 12.1 Å². The Morgan fingerprint density at radius 3 is 2.29 bits per heavy atom. The minimum atomic E-state index is -0.831. The minimum Gasteiger partial charge on any atom is -0.618 e. The molecule has 1 aliphatic heterocycles. The smallest absolute Gasteiger partial charge is 0.541 e. The lowest BCUT2D eigenvalue weighted by Crippen LogP contribution is -2.50. The second kappa shape index (κ2) is 3.90. The Balaban J connectivity index is 2.31. The molecule has 0 bridgehead atoms. The number of hydrogen-bond acceptors (Lipinski definition) is 3. The Labute approximate surface area is 122 Å². The van der Waals surface area contributed by atoms with E-state index in [1.54, 1.807) is 32.3 Å². The van der Waals surface area contributed by atoms with Crippen LogP contribution in [0.5, 0.6) is 0 Å². The molecular formula is C15H19N4O2+. The molecule has 1 aliphatic rings. The predicted molar refractivity (Wildman–Crippen MR) is 80.2 cm³/mol. The summed E-state index contributed by atoms with van der Waals surface area (Å²) >= 11 is 0. The minimum absolute atomic E-state index is 0.0729. The molecule has 2 heterocycles. The van der Waals surface area contributed by atoms with Crippen molar-refractivity contribution in [2.45, 2.75) is 38.8 Å². The third kappa shape index (κ3) is 1.53. The number of aromatic nitrogens is 2. The van der Waals surface area contributed by atoms with Gasteiger partial charge in [-0.3, -0.25) is 0 Å². The van der Waals surface area contributed by atoms with Crippen molar-refractivity contribution in [3.05, 3.63) is 40.2 Å². The van der Waals surface area contributed by atoms with Crippen LogP contribution >= 0.6 is 0 Å². The van der Waals surface area contributed by atoms with Gasteiger partial charge < -0.3 is 9.77 Å². The molecule has 0 saturated heterocycles. The van der Waals surface area contributed by atoms with Crippen LogP contribution in [-0.4, -0.2) is 36.0 Å². The zero-order valence-electron chi connectivity index (χ0n) is 12.9. The van der Waals surface area contributed by atoms with Crippen LogP contribution in [0.25, 0.3) is 11.0 Å². The Morgan fingerprint density at radius 2 is 1.76 bits per heavy atom. The monoisotopic (exact) mass is 287 g/mol. The maximum absolute atomic E-state index is 12.7. The first kappa shape index (κ1) is 13.7. The number of para-hydroxylation sites is 2. The quantitative estimate of drug-likeness (QED) is 0.596. The van der Waals surface area contributed by atoms with Gasteiger partial charge in [0.25, 0.3) is 11.4 Å². The topological polar surface area (TPSA) is 64.0 Å². The number of fused-ring (bicyclic) bond motifs is 1. The molecule has 0 spiro atoms. The molecule has 1 aromatic carbocycles. The molecule has 3 rings (SSSR count). The van der Waals surface area contributed by atoms with E-state index in [-0.39, 0.29) is 5.84 Å². The number of benzene rings is 1. The fourth-order valence-electron chi connectivity index (χ4n) is 2.64. The summed E-state index contributed by atoms with van der Waals surface area (Å²) in [5.74, 6) is 0.476. The Bertz CT molecular complexity index is 799. The average molecular weight is 287 g/mol. The Hall–Kier alpha value is -2.24. The SMILES string of the molecule is Cn1c(C2=[N+]([O-])C(C)(C)C(C)(C)[N+]2=O)nc2ccccc21. The summed E-state index contributed by atoms with van der Waals surface area (Å²) in [6, 6.07) is 7.58. The van der Waals surface area contributed by atoms with Gasteiger partial charge in [-0.25, -0.2) is 4.98 Å². The third-order valence-corrected chi connectivity index (χ3v) is 4.88. The fourth-order valence-corrected chi connectivity index (χ4v) is 2.64. The van der Waals surface area contributed by atoms with E-state index in [1.807, 2.05) is 31.3 Å². The molecule has 1 aromatic heterocycles. The summed E-state index contributed by atoms with van der Waals surface area (Å²) in [6.45, 7) is 7.11. The van der Waals surface area contributed by atoms with Gasteiger partial charge in [-0.2, -0.15) is 0 Å². The summed E-state index contributed by atoms with van der Waals surface area (Å²) in [5, 5.41) is 12.7. The molecule has 0 fully saturated rings. The number of amidine groups is 1. The van der Waals surface area contributed by atoms with Crippen LogP contribution in [0.1, 0.15) is 33.5 Å². The van der Waals surface area contributed by atoms with E-state index in [4.69, 9.17) is 0 Å². The van der Waals surface area contributed by atoms with Gasteiger partial charge in [0.1, 0.15) is 4.76 Å². The molecule has 21 heavy (non-hydrogen) atoms. The van der Waals surface area contributed by atoms with E-state index in [0.717, 1.165) is 20.5 Å². The molecule has 110 valence electrons. The van der Waals surface area contributed by atoms with Gasteiger partial charge in [-0.15, -0.1) is 4.74 Å². The second-order valence-corrected chi connectivity index (χ2v) is 6.51. The number of hydrogen-bond donors (Lipinski definition) is 0. The highest BCUT2D eigenvalue weighted by molar-refractivity contribution is 5.91. The lowest BCUT2D eigenvalue weighted by atomic mass is 9.84. The van der Waals surface area contributed by atoms with Gasteiger partial charge in [0.05, 0.1) is 11.0 Å². The summed E-state index contributed by atoms with van der Waals surface area (Å²) < 4.78 is 3.38. The Kier molecular flexibility index (Phi) is 2.55. The van der Waals surface area contributed by atoms with Crippen molar-refractivity contribution < 1.29 is 9.50 Å². The van der Waals surface area contributed by atoms with E-state index in [0.29, 0.717) is 5.82 Å². The van der Waals surface area contributed by atoms with Crippen LogP contribution in [0.2, 0.25) is 0 Å². The van der Waals surface area contributed by atoms with Gasteiger partial charge in [-0.05, 0) is 12.1 Å². The van der Waals surface area contributed by atoms with Gasteiger partial charge >= 0.3 is 5.84 Å². The number of hydroxylamine groups is 1. The highest BCUT2D eigenvalue weighted by atomic mass is 16.5. The first-order chi connectivity index (χ1) is 9.69. The number of imidazole rings is 1. The maximum Gasteiger partial charge on any atom is 0.541 e. The molecule has 6 nitrogen and oxygen atoms in total. The molecule has 0 saturated carbocycles. The van der Waals surface area contributed by atoms with E-state index in [1.165, 1.54) is 0 Å². The van der Waals surface area contributed by atoms with E-state index < -0.39 is 11.1 Å². The zero-order chi connectivity index (χ0) is 15.6. The number of aryl methyl sites for hydroxylation is 1. The zero-order valence-corrected chi connectivity index (χ0v) is 12.9. The summed E-state index contributed by atoms with van der Waals surface area (Å²) in [7, 11) is 1.82. The number of nitrogens with zero attached hydrogens (tertiary/aromatic N) is 4. The van der Waals surface area contributed by atoms with Crippen molar-refractivity contribution in [2.75, 3.05) is 0 Å². The van der Waals surface area contributed by atoms with Crippen LogP contribution in [0, 0.1) is 10.1 Å². The summed E-state index contributed by atoms with van der Waals surface area (Å²) in [5.41, 5.74) is 0.000812. The highest BCUT2D eigenvalue weighted by Crippen LogP contribution is 2.35. The largest absolute Gasteiger partial charge is 0.618 e. The number of nitroso groups, excluding NO2 is 1. The Morgan fingerprint density at radius 1 is 1.14 bits per heavy atom. The van der Waals surface area contributed by atoms with E-state index in [2.05, 4.69) is 4.98 Å². The molecule has 2 aromatic rings. The van der Waals surface area contributed by atoms with Crippen molar-refractivity contribution >= 4 is 16.9 Å². The first-order valence-corrected chi connectivity index (χ1v) is 6.93. The van der Waals surface area contributed by atoms with Crippen LogP contribution in [0.15, 0.2) is 24.3 Å². The summed E-state index contributed by atoms with van der Waals surface area (Å²) in [6.07, 6.45) is 0. The van der Waals surface area contributed by atoms with Crippen LogP contribution < -0.4 is 0 Å². The summed E-state index contributed by atoms with van der Waals surface area (Å²) in [4.78, 5) is 17.1. The van der Waals surface area contributed by atoms with Crippen molar-refractivity contribution in [3.63, 3.8) is 0 Å². The predicted octanol–water partition coefficient (Wildman–Crippen LogP) is 2.18. The standard InChI is InChI=1S/C15H19N4O2/c1-14(2)15(3,4)19(21)13(18(14)20)12-16-10-8-6-7-9-11(10)17(12)5/h6-9H,1-5H3/q+1. The lowest BCUT2D eigenvalue weighted by Gasteiger charge is -2.22. The van der Waals surface area contributed by atoms with Gasteiger partial charge in [0.15, 0.2) is 0 Å². The maximum atomic E-state index is 12.7. The van der Waals surface area contributed by atoms with Crippen molar-refractivity contribution in [3.8, 4) is 0 Å². The van der Waals surface area contributed by atoms with Gasteiger partial charge in [0.2, 0.25) is 5.54 Å². The molecule has 0 N–H and O–H groups in total. The molecule has 0 amide bonds. The normalized spacial score (nSPS) is 20.5.